The van der Waals surface area contributed by atoms with Gasteiger partial charge in [0, 0.05) is 17.3 Å². The van der Waals surface area contributed by atoms with Crippen molar-refractivity contribution < 1.29 is 4.74 Å². The summed E-state index contributed by atoms with van der Waals surface area (Å²) in [6.45, 7) is 2.89. The molecule has 0 aliphatic rings. The first-order chi connectivity index (χ1) is 19.2. The molecule has 2 aromatic heterocycles. The zero-order valence-electron chi connectivity index (χ0n) is 21.8. The van der Waals surface area contributed by atoms with Crippen molar-refractivity contribution in [2.75, 3.05) is 6.61 Å². The summed E-state index contributed by atoms with van der Waals surface area (Å²) < 4.78 is 7.69. The first-order valence-electron chi connectivity index (χ1n) is 13.2. The second kappa shape index (κ2) is 12.1. The van der Waals surface area contributed by atoms with E-state index in [1.807, 2.05) is 66.9 Å². The van der Waals surface area contributed by atoms with Crippen LogP contribution in [0.5, 0.6) is 5.75 Å². The monoisotopic (exact) mass is 515 g/mol. The summed E-state index contributed by atoms with van der Waals surface area (Å²) in [6, 6.07) is 26.9. The number of hydrogen-bond acceptors (Lipinski definition) is 5. The molecule has 7 heteroatoms. The van der Waals surface area contributed by atoms with Crippen molar-refractivity contribution in [1.82, 2.24) is 19.7 Å². The van der Waals surface area contributed by atoms with Gasteiger partial charge >= 0.3 is 0 Å². The van der Waals surface area contributed by atoms with E-state index in [1.165, 1.54) is 19.3 Å². The minimum absolute atomic E-state index is 0.214. The fourth-order valence-electron chi connectivity index (χ4n) is 4.38. The van der Waals surface area contributed by atoms with Crippen LogP contribution in [0.2, 0.25) is 0 Å². The zero-order valence-corrected chi connectivity index (χ0v) is 21.8. The van der Waals surface area contributed by atoms with Crippen molar-refractivity contribution in [3.63, 3.8) is 0 Å². The summed E-state index contributed by atoms with van der Waals surface area (Å²) in [5.74, 6) is 1.02. The van der Waals surface area contributed by atoms with Crippen LogP contribution in [-0.2, 0) is 0 Å². The Bertz CT molecular complexity index is 1690. The topological polar surface area (TPSA) is 96.6 Å². The van der Waals surface area contributed by atoms with Gasteiger partial charge in [-0.15, -0.1) is 0 Å². The maximum absolute atomic E-state index is 12.6. The summed E-state index contributed by atoms with van der Waals surface area (Å²) in [4.78, 5) is 19.9. The van der Waals surface area contributed by atoms with Gasteiger partial charge in [-0.25, -0.2) is 9.67 Å². The number of unbranched alkanes of at least 4 members (excludes halogenated alkanes) is 3. The molecule has 2 heterocycles. The third-order valence-electron chi connectivity index (χ3n) is 6.45. The van der Waals surface area contributed by atoms with E-state index in [0.717, 1.165) is 29.0 Å². The Hall–Kier alpha value is -4.96. The van der Waals surface area contributed by atoms with Gasteiger partial charge in [-0.3, -0.25) is 4.79 Å². The van der Waals surface area contributed by atoms with Crippen LogP contribution in [0.15, 0.2) is 89.9 Å². The van der Waals surface area contributed by atoms with Crippen LogP contribution in [0.25, 0.3) is 39.5 Å². The molecule has 3 aromatic carbocycles. The third kappa shape index (κ3) is 5.97. The molecular formula is C32H29N5O2. The van der Waals surface area contributed by atoms with Gasteiger partial charge in [-0.1, -0.05) is 56.5 Å². The van der Waals surface area contributed by atoms with Crippen LogP contribution in [0.4, 0.5) is 0 Å². The van der Waals surface area contributed by atoms with E-state index >= 15 is 0 Å². The number of nitrogens with zero attached hydrogens (tertiary/aromatic N) is 4. The lowest BCUT2D eigenvalue weighted by Gasteiger charge is -2.07. The molecule has 0 unspecified atom stereocenters. The first kappa shape index (κ1) is 25.7. The van der Waals surface area contributed by atoms with Crippen molar-refractivity contribution >= 4 is 22.6 Å². The summed E-state index contributed by atoms with van der Waals surface area (Å²) in [7, 11) is 0. The van der Waals surface area contributed by atoms with Crippen molar-refractivity contribution in [2.45, 2.75) is 32.6 Å². The van der Waals surface area contributed by atoms with Crippen LogP contribution in [0, 0.1) is 11.3 Å². The van der Waals surface area contributed by atoms with E-state index in [4.69, 9.17) is 9.84 Å². The summed E-state index contributed by atoms with van der Waals surface area (Å²) in [5, 5.41) is 15.4. The summed E-state index contributed by atoms with van der Waals surface area (Å²) in [6.07, 6.45) is 8.21. The number of ether oxygens (including phenoxy) is 1. The van der Waals surface area contributed by atoms with Crippen molar-refractivity contribution in [3.05, 3.63) is 107 Å². The maximum atomic E-state index is 12.6. The summed E-state index contributed by atoms with van der Waals surface area (Å²) >= 11 is 0. The molecule has 194 valence electrons. The van der Waals surface area contributed by atoms with Crippen LogP contribution >= 0.6 is 0 Å². The predicted octanol–water partition coefficient (Wildman–Crippen LogP) is 6.80. The quantitative estimate of drug-likeness (QED) is 0.163. The minimum atomic E-state index is -0.290. The van der Waals surface area contributed by atoms with Crippen LogP contribution < -0.4 is 10.3 Å². The van der Waals surface area contributed by atoms with Crippen LogP contribution in [-0.4, -0.2) is 26.4 Å². The average molecular weight is 516 g/mol. The molecule has 0 radical (unpaired) electrons. The van der Waals surface area contributed by atoms with Gasteiger partial charge in [0.15, 0.2) is 5.82 Å². The summed E-state index contributed by atoms with van der Waals surface area (Å²) in [5.41, 5.74) is 3.67. The molecule has 0 saturated heterocycles. The molecule has 0 aliphatic carbocycles. The molecule has 5 aromatic rings. The largest absolute Gasteiger partial charge is 0.494 e. The second-order valence-electron chi connectivity index (χ2n) is 9.25. The number of nitriles is 1. The van der Waals surface area contributed by atoms with E-state index in [-0.39, 0.29) is 17.0 Å². The van der Waals surface area contributed by atoms with Gasteiger partial charge in [0.2, 0.25) is 0 Å². The highest BCUT2D eigenvalue weighted by Gasteiger charge is 2.15. The van der Waals surface area contributed by atoms with Crippen molar-refractivity contribution in [2.24, 2.45) is 0 Å². The number of hydrogen-bond donors (Lipinski definition) is 1. The molecule has 0 amide bonds. The van der Waals surface area contributed by atoms with Gasteiger partial charge in [-0.2, -0.15) is 10.4 Å². The van der Waals surface area contributed by atoms with E-state index in [2.05, 4.69) is 23.0 Å². The number of para-hydroxylation sites is 2. The molecule has 7 nitrogen and oxygen atoms in total. The predicted molar refractivity (Wildman–Crippen MR) is 154 cm³/mol. The fourth-order valence-corrected chi connectivity index (χ4v) is 4.38. The molecule has 0 atom stereocenters. The maximum Gasteiger partial charge on any atom is 0.259 e. The number of rotatable bonds is 10. The van der Waals surface area contributed by atoms with Crippen LogP contribution in [0.3, 0.4) is 0 Å². The van der Waals surface area contributed by atoms with Gasteiger partial charge in [-0.05, 0) is 61.0 Å². The third-order valence-corrected chi connectivity index (χ3v) is 6.45. The number of H-pyrrole nitrogens is 1. The number of benzene rings is 3. The van der Waals surface area contributed by atoms with E-state index in [9.17, 15) is 10.1 Å². The molecule has 39 heavy (non-hydrogen) atoms. The molecule has 0 spiro atoms. The van der Waals surface area contributed by atoms with E-state index in [0.29, 0.717) is 23.2 Å². The van der Waals surface area contributed by atoms with Gasteiger partial charge in [0.1, 0.15) is 11.8 Å². The minimum Gasteiger partial charge on any atom is -0.494 e. The molecule has 1 N–H and O–H groups in total. The molecule has 5 rings (SSSR count). The Morgan fingerprint density at radius 1 is 1.00 bits per heavy atom. The standard InChI is InChI=1S/C32H29N5O2/c1-2-3-4-10-19-39-27-17-15-23(16-18-27)30-25(22-37(36-30)26-11-6-5-7-12-26)20-24(21-33)31-34-29-14-9-8-13-28(29)32(38)35-31/h5-9,11-18,20,22H,2-4,10,19H2,1H3,(H,34,35,38)/b24-20+. The second-order valence-corrected chi connectivity index (χ2v) is 9.25. The molecular weight excluding hydrogens is 486 g/mol. The smallest absolute Gasteiger partial charge is 0.259 e. The molecule has 0 fully saturated rings. The first-order valence-corrected chi connectivity index (χ1v) is 13.2. The lowest BCUT2D eigenvalue weighted by atomic mass is 10.1. The Labute approximate surface area is 227 Å². The molecule has 0 aliphatic heterocycles. The number of aromatic nitrogens is 4. The van der Waals surface area contributed by atoms with E-state index < -0.39 is 0 Å². The Morgan fingerprint density at radius 3 is 2.54 bits per heavy atom. The highest BCUT2D eigenvalue weighted by molar-refractivity contribution is 5.91. The number of allylic oxidation sites excluding steroid dienone is 1. The number of fused-ring (bicyclic) bond motifs is 1. The highest BCUT2D eigenvalue weighted by Crippen LogP contribution is 2.29. The normalized spacial score (nSPS) is 11.4. The van der Waals surface area contributed by atoms with Crippen LogP contribution in [0.1, 0.15) is 44.0 Å². The van der Waals surface area contributed by atoms with Crippen molar-refractivity contribution in [3.8, 4) is 28.8 Å². The molecule has 0 saturated carbocycles. The van der Waals surface area contributed by atoms with E-state index in [1.54, 1.807) is 29.0 Å². The lowest BCUT2D eigenvalue weighted by molar-refractivity contribution is 0.305. The SMILES string of the molecule is CCCCCCOc1ccc(-c2nn(-c3ccccc3)cc2/C=C(\C#N)c2nc3ccccc3c(=O)[nH]2)cc1. The van der Waals surface area contributed by atoms with Gasteiger partial charge in [0.25, 0.3) is 5.56 Å². The van der Waals surface area contributed by atoms with Gasteiger partial charge < -0.3 is 9.72 Å². The average Bonchev–Trinajstić information content (AvgIpc) is 3.40. The Balaban J connectivity index is 1.52. The zero-order chi connectivity index (χ0) is 27.0. The molecule has 0 bridgehead atoms. The number of aromatic amines is 1. The Kier molecular flexibility index (Phi) is 7.94. The Morgan fingerprint density at radius 2 is 1.77 bits per heavy atom. The highest BCUT2D eigenvalue weighted by atomic mass is 16.5. The van der Waals surface area contributed by atoms with Gasteiger partial charge in [0.05, 0.1) is 34.5 Å². The van der Waals surface area contributed by atoms with Crippen molar-refractivity contribution in [1.29, 1.82) is 5.26 Å². The number of nitrogens with one attached hydrogen (secondary N) is 1. The fraction of sp³-hybridized carbons (Fsp3) is 0.188. The lowest BCUT2D eigenvalue weighted by Crippen LogP contribution is -2.11.